The third-order valence-corrected chi connectivity index (χ3v) is 3.09. The van der Waals surface area contributed by atoms with E-state index in [9.17, 15) is 14.7 Å². The normalized spacial score (nSPS) is 17.5. The quantitative estimate of drug-likeness (QED) is 0.503. The summed E-state index contributed by atoms with van der Waals surface area (Å²) in [5.74, 6) is -1.58. The predicted molar refractivity (Wildman–Crippen MR) is 74.0 cm³/mol. The molecule has 0 saturated carbocycles. The maximum Gasteiger partial charge on any atom is 0.339 e. The van der Waals surface area contributed by atoms with Gasteiger partial charge in [-0.2, -0.15) is 0 Å². The molecule has 2 amide bonds. The highest BCUT2D eigenvalue weighted by Crippen LogP contribution is 2.21. The molecule has 1 aromatic carbocycles. The number of anilines is 1. The van der Waals surface area contributed by atoms with Crippen molar-refractivity contribution >= 4 is 17.7 Å². The molecule has 1 aliphatic carbocycles. The lowest BCUT2D eigenvalue weighted by Crippen LogP contribution is -2.38. The number of carboxylic acids is 1. The van der Waals surface area contributed by atoms with Gasteiger partial charge in [0.15, 0.2) is 0 Å². The number of urea groups is 1. The third kappa shape index (κ3) is 3.50. The van der Waals surface area contributed by atoms with Crippen molar-refractivity contribution in [2.24, 2.45) is 0 Å². The summed E-state index contributed by atoms with van der Waals surface area (Å²) in [6.45, 7) is 0. The van der Waals surface area contributed by atoms with E-state index in [1.165, 1.54) is 18.2 Å². The van der Waals surface area contributed by atoms with Crippen LogP contribution in [-0.4, -0.2) is 28.3 Å². The number of amides is 2. The van der Waals surface area contributed by atoms with E-state index in [0.717, 1.165) is 19.3 Å². The lowest BCUT2D eigenvalue weighted by molar-refractivity contribution is 0.0693. The fraction of sp³-hybridized carbons (Fsp3) is 0.286. The van der Waals surface area contributed by atoms with E-state index in [0.29, 0.717) is 5.69 Å². The molecule has 0 bridgehead atoms. The van der Waals surface area contributed by atoms with Crippen molar-refractivity contribution in [3.8, 4) is 5.75 Å². The molecule has 106 valence electrons. The number of rotatable bonds is 3. The van der Waals surface area contributed by atoms with Crippen molar-refractivity contribution in [1.29, 1.82) is 0 Å². The number of carboxylic acid groups (broad SMARTS) is 1. The molecular formula is C14H16N2O4. The van der Waals surface area contributed by atoms with Gasteiger partial charge in [-0.3, -0.25) is 0 Å². The number of aromatic hydroxyl groups is 1. The van der Waals surface area contributed by atoms with Gasteiger partial charge in [0.2, 0.25) is 0 Å². The molecule has 4 N–H and O–H groups in total. The van der Waals surface area contributed by atoms with Gasteiger partial charge in [-0.1, -0.05) is 12.2 Å². The number of carbonyl (C=O) groups is 2. The summed E-state index contributed by atoms with van der Waals surface area (Å²) in [5.41, 5.74) is 0.0763. The highest BCUT2D eigenvalue weighted by atomic mass is 16.4. The Morgan fingerprint density at radius 3 is 2.70 bits per heavy atom. The van der Waals surface area contributed by atoms with Gasteiger partial charge in [0.25, 0.3) is 0 Å². The molecule has 6 heteroatoms. The lowest BCUT2D eigenvalue weighted by atomic mass is 10.0. The smallest absolute Gasteiger partial charge is 0.339 e. The number of aromatic carboxylic acids is 1. The van der Waals surface area contributed by atoms with Crippen LogP contribution < -0.4 is 10.6 Å². The standard InChI is InChI=1S/C14H16N2O4/c17-12-7-6-10(8-11(12)13(18)19)16-14(20)15-9-4-2-1-3-5-9/h1-2,6-9,17H,3-5H2,(H,18,19)(H2,15,16,20). The summed E-state index contributed by atoms with van der Waals surface area (Å²) in [7, 11) is 0. The second kappa shape index (κ2) is 6.10. The minimum Gasteiger partial charge on any atom is -0.507 e. The first-order chi connectivity index (χ1) is 9.56. The molecule has 0 fully saturated rings. The minimum absolute atomic E-state index is 0.0936. The Hall–Kier alpha value is -2.50. The highest BCUT2D eigenvalue weighted by molar-refractivity contribution is 5.95. The van der Waals surface area contributed by atoms with Crippen molar-refractivity contribution in [3.05, 3.63) is 35.9 Å². The van der Waals surface area contributed by atoms with Crippen molar-refractivity contribution in [2.45, 2.75) is 25.3 Å². The zero-order valence-corrected chi connectivity index (χ0v) is 10.8. The first kappa shape index (κ1) is 13.9. The number of nitrogens with one attached hydrogen (secondary N) is 2. The summed E-state index contributed by atoms with van der Waals surface area (Å²) in [4.78, 5) is 22.7. The Kier molecular flexibility index (Phi) is 4.24. The number of phenols is 1. The zero-order valence-electron chi connectivity index (χ0n) is 10.8. The molecule has 0 radical (unpaired) electrons. The van der Waals surface area contributed by atoms with Gasteiger partial charge in [-0.05, 0) is 37.5 Å². The van der Waals surface area contributed by atoms with Crippen LogP contribution in [0.1, 0.15) is 29.6 Å². The Bertz CT molecular complexity index is 554. The molecule has 0 aromatic heterocycles. The molecule has 1 aromatic rings. The number of allylic oxidation sites excluding steroid dienone is 1. The lowest BCUT2D eigenvalue weighted by Gasteiger charge is -2.19. The molecule has 2 rings (SSSR count). The molecule has 0 spiro atoms. The van der Waals surface area contributed by atoms with Gasteiger partial charge in [0, 0.05) is 11.7 Å². The number of hydrogen-bond donors (Lipinski definition) is 4. The average Bonchev–Trinajstić information content (AvgIpc) is 2.41. The first-order valence-corrected chi connectivity index (χ1v) is 6.35. The van der Waals surface area contributed by atoms with Crippen LogP contribution in [-0.2, 0) is 0 Å². The van der Waals surface area contributed by atoms with Crippen LogP contribution >= 0.6 is 0 Å². The van der Waals surface area contributed by atoms with Crippen LogP contribution in [0.4, 0.5) is 10.5 Å². The van der Waals surface area contributed by atoms with Crippen molar-refractivity contribution in [3.63, 3.8) is 0 Å². The molecular weight excluding hydrogens is 260 g/mol. The van der Waals surface area contributed by atoms with E-state index in [2.05, 4.69) is 16.7 Å². The van der Waals surface area contributed by atoms with Crippen LogP contribution in [0.15, 0.2) is 30.4 Å². The molecule has 1 unspecified atom stereocenters. The van der Waals surface area contributed by atoms with Crippen molar-refractivity contribution < 1.29 is 19.8 Å². The van der Waals surface area contributed by atoms with Crippen LogP contribution in [0.3, 0.4) is 0 Å². The van der Waals surface area contributed by atoms with E-state index >= 15 is 0 Å². The Balaban J connectivity index is 1.98. The molecule has 0 aliphatic heterocycles. The van der Waals surface area contributed by atoms with Gasteiger partial charge < -0.3 is 20.8 Å². The van der Waals surface area contributed by atoms with E-state index in [4.69, 9.17) is 5.11 Å². The Morgan fingerprint density at radius 1 is 1.25 bits per heavy atom. The van der Waals surface area contributed by atoms with Crippen LogP contribution in [0.2, 0.25) is 0 Å². The summed E-state index contributed by atoms with van der Waals surface area (Å²) in [6, 6.07) is 3.62. The van der Waals surface area contributed by atoms with Gasteiger partial charge in [-0.15, -0.1) is 0 Å². The Morgan fingerprint density at radius 2 is 2.05 bits per heavy atom. The maximum absolute atomic E-state index is 11.8. The van der Waals surface area contributed by atoms with Crippen LogP contribution in [0, 0.1) is 0 Å². The molecule has 6 nitrogen and oxygen atoms in total. The zero-order chi connectivity index (χ0) is 14.5. The van der Waals surface area contributed by atoms with Gasteiger partial charge in [-0.25, -0.2) is 9.59 Å². The molecule has 1 aliphatic rings. The van der Waals surface area contributed by atoms with Crippen molar-refractivity contribution in [2.75, 3.05) is 5.32 Å². The largest absolute Gasteiger partial charge is 0.507 e. The average molecular weight is 276 g/mol. The minimum atomic E-state index is -1.25. The molecule has 20 heavy (non-hydrogen) atoms. The second-order valence-electron chi connectivity index (χ2n) is 4.62. The van der Waals surface area contributed by atoms with E-state index in [1.807, 2.05) is 6.08 Å². The van der Waals surface area contributed by atoms with E-state index in [-0.39, 0.29) is 23.4 Å². The summed E-state index contributed by atoms with van der Waals surface area (Å²) in [6.07, 6.45) is 6.73. The number of hydrogen-bond acceptors (Lipinski definition) is 3. The van der Waals surface area contributed by atoms with Gasteiger partial charge in [0.1, 0.15) is 11.3 Å². The summed E-state index contributed by atoms with van der Waals surface area (Å²) in [5, 5.41) is 23.7. The summed E-state index contributed by atoms with van der Waals surface area (Å²) >= 11 is 0. The van der Waals surface area contributed by atoms with Crippen LogP contribution in [0.25, 0.3) is 0 Å². The van der Waals surface area contributed by atoms with Gasteiger partial charge >= 0.3 is 12.0 Å². The third-order valence-electron chi connectivity index (χ3n) is 3.09. The SMILES string of the molecule is O=C(Nc1ccc(O)c(C(=O)O)c1)NC1CC=CCC1. The van der Waals surface area contributed by atoms with E-state index in [1.54, 1.807) is 0 Å². The summed E-state index contributed by atoms with van der Waals surface area (Å²) < 4.78 is 0. The van der Waals surface area contributed by atoms with Crippen LogP contribution in [0.5, 0.6) is 5.75 Å². The van der Waals surface area contributed by atoms with Crippen molar-refractivity contribution in [1.82, 2.24) is 5.32 Å². The predicted octanol–water partition coefficient (Wildman–Crippen LogP) is 2.32. The molecule has 1 atom stereocenters. The topological polar surface area (TPSA) is 98.7 Å². The first-order valence-electron chi connectivity index (χ1n) is 6.35. The second-order valence-corrected chi connectivity index (χ2v) is 4.62. The number of benzene rings is 1. The Labute approximate surface area is 116 Å². The highest BCUT2D eigenvalue weighted by Gasteiger charge is 2.14. The maximum atomic E-state index is 11.8. The molecule has 0 saturated heterocycles. The van der Waals surface area contributed by atoms with Gasteiger partial charge in [0.05, 0.1) is 0 Å². The fourth-order valence-electron chi connectivity index (χ4n) is 2.06. The number of carbonyl (C=O) groups excluding carboxylic acids is 1. The van der Waals surface area contributed by atoms with E-state index < -0.39 is 5.97 Å². The monoisotopic (exact) mass is 276 g/mol. The molecule has 0 heterocycles. The fourth-order valence-corrected chi connectivity index (χ4v) is 2.06.